The normalized spacial score (nSPS) is 10.6. The Morgan fingerprint density at radius 1 is 1.00 bits per heavy atom. The molecule has 1 N–H and O–H groups in total. The molecule has 0 bridgehead atoms. The van der Waals surface area contributed by atoms with Gasteiger partial charge >= 0.3 is 11.9 Å². The van der Waals surface area contributed by atoms with Crippen molar-refractivity contribution in [2.45, 2.75) is 0 Å². The minimum atomic E-state index is -1.15. The van der Waals surface area contributed by atoms with Gasteiger partial charge < -0.3 is 9.84 Å². The molecule has 2 rings (SSSR count). The van der Waals surface area contributed by atoms with Crippen molar-refractivity contribution >= 4 is 18.0 Å². The van der Waals surface area contributed by atoms with Gasteiger partial charge in [-0.2, -0.15) is 0 Å². The van der Waals surface area contributed by atoms with Crippen molar-refractivity contribution in [3.05, 3.63) is 71.3 Å². The Morgan fingerprint density at radius 2 is 1.59 bits per heavy atom. The van der Waals surface area contributed by atoms with Gasteiger partial charge in [-0.05, 0) is 35.9 Å². The first-order valence-corrected chi connectivity index (χ1v) is 6.14. The Morgan fingerprint density at radius 3 is 2.14 bits per heavy atom. The fourth-order valence-corrected chi connectivity index (χ4v) is 1.67. The summed E-state index contributed by atoms with van der Waals surface area (Å²) >= 11 is 0. The van der Waals surface area contributed by atoms with E-state index in [1.54, 1.807) is 0 Å². The van der Waals surface area contributed by atoms with E-state index in [9.17, 15) is 18.4 Å². The Labute approximate surface area is 124 Å². The summed E-state index contributed by atoms with van der Waals surface area (Å²) in [6.07, 6.45) is 2.31. The first-order valence-electron chi connectivity index (χ1n) is 6.14. The summed E-state index contributed by atoms with van der Waals surface area (Å²) in [6.45, 7) is 0. The first kappa shape index (κ1) is 15.4. The molecule has 22 heavy (non-hydrogen) atoms. The monoisotopic (exact) mass is 304 g/mol. The lowest BCUT2D eigenvalue weighted by atomic mass is 10.2. The van der Waals surface area contributed by atoms with Crippen LogP contribution in [-0.4, -0.2) is 17.0 Å². The highest BCUT2D eigenvalue weighted by Gasteiger charge is 2.19. The summed E-state index contributed by atoms with van der Waals surface area (Å²) in [7, 11) is 0. The highest BCUT2D eigenvalue weighted by atomic mass is 19.1. The summed E-state index contributed by atoms with van der Waals surface area (Å²) in [5.74, 6) is -4.17. The van der Waals surface area contributed by atoms with Crippen LogP contribution in [0.15, 0.2) is 48.5 Å². The van der Waals surface area contributed by atoms with E-state index >= 15 is 0 Å². The molecule has 0 aliphatic heterocycles. The van der Waals surface area contributed by atoms with Crippen molar-refractivity contribution in [3.63, 3.8) is 0 Å². The third-order valence-electron chi connectivity index (χ3n) is 2.68. The predicted molar refractivity (Wildman–Crippen MR) is 74.4 cm³/mol. The summed E-state index contributed by atoms with van der Waals surface area (Å²) in [4.78, 5) is 22.1. The predicted octanol–water partition coefficient (Wildman–Crippen LogP) is 3.28. The molecule has 2 aromatic rings. The fourth-order valence-electron chi connectivity index (χ4n) is 1.67. The van der Waals surface area contributed by atoms with Crippen LogP contribution in [0.25, 0.3) is 6.08 Å². The molecule has 4 nitrogen and oxygen atoms in total. The molecule has 0 atom stereocenters. The van der Waals surface area contributed by atoms with Crippen LogP contribution in [0, 0.1) is 11.6 Å². The number of aliphatic carboxylic acids is 1. The number of rotatable bonds is 4. The maximum absolute atomic E-state index is 13.4. The maximum Gasteiger partial charge on any atom is 0.349 e. The molecule has 112 valence electrons. The number of carboxylic acids is 1. The molecular weight excluding hydrogens is 294 g/mol. The average Bonchev–Trinajstić information content (AvgIpc) is 2.46. The van der Waals surface area contributed by atoms with Crippen LogP contribution in [0.5, 0.6) is 5.75 Å². The second kappa shape index (κ2) is 6.62. The molecule has 6 heteroatoms. The van der Waals surface area contributed by atoms with Gasteiger partial charge in [0, 0.05) is 6.08 Å². The Balaban J connectivity index is 2.14. The zero-order valence-electron chi connectivity index (χ0n) is 11.1. The number of halogens is 2. The van der Waals surface area contributed by atoms with Gasteiger partial charge in [-0.1, -0.05) is 18.2 Å². The number of hydrogen-bond donors (Lipinski definition) is 1. The van der Waals surface area contributed by atoms with Gasteiger partial charge in [0.15, 0.2) is 0 Å². The van der Waals surface area contributed by atoms with Crippen molar-refractivity contribution in [1.82, 2.24) is 0 Å². The molecule has 0 fully saturated rings. The second-order valence-corrected chi connectivity index (χ2v) is 4.23. The Kier molecular flexibility index (Phi) is 4.63. The minimum Gasteiger partial charge on any atom is -0.478 e. The van der Waals surface area contributed by atoms with Crippen molar-refractivity contribution in [2.75, 3.05) is 0 Å². The van der Waals surface area contributed by atoms with Gasteiger partial charge in [-0.15, -0.1) is 0 Å². The molecule has 0 aliphatic carbocycles. The van der Waals surface area contributed by atoms with E-state index in [0.717, 1.165) is 24.3 Å². The van der Waals surface area contributed by atoms with Crippen molar-refractivity contribution in [3.8, 4) is 5.75 Å². The number of carbonyl (C=O) groups excluding carboxylic acids is 1. The van der Waals surface area contributed by atoms with E-state index in [4.69, 9.17) is 9.84 Å². The number of ether oxygens (including phenoxy) is 1. The van der Waals surface area contributed by atoms with Gasteiger partial charge in [-0.3, -0.25) is 0 Å². The van der Waals surface area contributed by atoms with Crippen LogP contribution in [-0.2, 0) is 4.79 Å². The standard InChI is InChI=1S/C16H10F2O4/c17-12-2-1-3-13(18)15(12)16(21)22-11-7-4-10(5-8-11)6-9-14(19)20/h1-9H,(H,19,20)/b9-6+. The van der Waals surface area contributed by atoms with Crippen LogP contribution < -0.4 is 4.74 Å². The number of carboxylic acid groups (broad SMARTS) is 1. The quantitative estimate of drug-likeness (QED) is 0.535. The molecule has 0 heterocycles. The smallest absolute Gasteiger partial charge is 0.349 e. The van der Waals surface area contributed by atoms with E-state index in [0.29, 0.717) is 5.56 Å². The molecule has 0 radical (unpaired) electrons. The largest absolute Gasteiger partial charge is 0.478 e. The van der Waals surface area contributed by atoms with Crippen molar-refractivity contribution in [1.29, 1.82) is 0 Å². The molecule has 0 saturated carbocycles. The van der Waals surface area contributed by atoms with E-state index < -0.39 is 29.1 Å². The number of benzene rings is 2. The zero-order valence-corrected chi connectivity index (χ0v) is 11.1. The molecule has 0 unspecified atom stereocenters. The van der Waals surface area contributed by atoms with E-state index in [1.807, 2.05) is 0 Å². The molecule has 0 aliphatic rings. The fraction of sp³-hybridized carbons (Fsp3) is 0. The topological polar surface area (TPSA) is 63.6 Å². The second-order valence-electron chi connectivity index (χ2n) is 4.23. The summed E-state index contributed by atoms with van der Waals surface area (Å²) in [5.41, 5.74) is -0.198. The lowest BCUT2D eigenvalue weighted by Crippen LogP contribution is -2.13. The highest BCUT2D eigenvalue weighted by molar-refractivity contribution is 5.91. The van der Waals surface area contributed by atoms with Crippen LogP contribution in [0.2, 0.25) is 0 Å². The van der Waals surface area contributed by atoms with E-state index in [1.165, 1.54) is 30.3 Å². The van der Waals surface area contributed by atoms with Gasteiger partial charge in [0.05, 0.1) is 0 Å². The molecule has 0 aromatic heterocycles. The van der Waals surface area contributed by atoms with Crippen molar-refractivity contribution < 1.29 is 28.2 Å². The molecule has 2 aromatic carbocycles. The van der Waals surface area contributed by atoms with Crippen LogP contribution >= 0.6 is 0 Å². The molecule has 0 amide bonds. The van der Waals surface area contributed by atoms with Gasteiger partial charge in [-0.25, -0.2) is 18.4 Å². The minimum absolute atomic E-state index is 0.0835. The number of hydrogen-bond acceptors (Lipinski definition) is 3. The molecule has 0 saturated heterocycles. The third-order valence-corrected chi connectivity index (χ3v) is 2.68. The van der Waals surface area contributed by atoms with E-state index in [-0.39, 0.29) is 5.75 Å². The van der Waals surface area contributed by atoms with Gasteiger partial charge in [0.1, 0.15) is 22.9 Å². The van der Waals surface area contributed by atoms with Crippen LogP contribution in [0.3, 0.4) is 0 Å². The first-order chi connectivity index (χ1) is 10.5. The van der Waals surface area contributed by atoms with Crippen LogP contribution in [0.1, 0.15) is 15.9 Å². The van der Waals surface area contributed by atoms with Gasteiger partial charge in [0.2, 0.25) is 0 Å². The van der Waals surface area contributed by atoms with Crippen LogP contribution in [0.4, 0.5) is 8.78 Å². The summed E-state index contributed by atoms with van der Waals surface area (Å²) in [5, 5.41) is 8.50. The summed E-state index contributed by atoms with van der Waals surface area (Å²) in [6, 6.07) is 8.83. The Hall–Kier alpha value is -3.02. The highest BCUT2D eigenvalue weighted by Crippen LogP contribution is 2.18. The SMILES string of the molecule is O=C(O)/C=C/c1ccc(OC(=O)c2c(F)cccc2F)cc1. The molecular formula is C16H10F2O4. The maximum atomic E-state index is 13.4. The number of esters is 1. The third kappa shape index (κ3) is 3.76. The van der Waals surface area contributed by atoms with Crippen molar-refractivity contribution in [2.24, 2.45) is 0 Å². The van der Waals surface area contributed by atoms with Gasteiger partial charge in [0.25, 0.3) is 0 Å². The lowest BCUT2D eigenvalue weighted by Gasteiger charge is -2.06. The summed E-state index contributed by atoms with van der Waals surface area (Å²) < 4.78 is 31.8. The number of carbonyl (C=O) groups is 2. The molecule has 0 spiro atoms. The lowest BCUT2D eigenvalue weighted by molar-refractivity contribution is -0.131. The zero-order chi connectivity index (χ0) is 16.1. The Bertz CT molecular complexity index is 716. The average molecular weight is 304 g/mol. The van der Waals surface area contributed by atoms with E-state index in [2.05, 4.69) is 0 Å².